The van der Waals surface area contributed by atoms with E-state index in [1.54, 1.807) is 6.07 Å². The standard InChI is InChI=1S/C15H19N3O3/c1-11(2)21-14-6-4-3-5-12(14)9-16-15(19)17-10-13-7-8-20-18-13/h3-8,11H,9-10H2,1-2H3,(H2,16,17,19). The van der Waals surface area contributed by atoms with Gasteiger partial charge in [0.2, 0.25) is 0 Å². The van der Waals surface area contributed by atoms with Crippen LogP contribution in [0.4, 0.5) is 4.79 Å². The van der Waals surface area contributed by atoms with Crippen LogP contribution >= 0.6 is 0 Å². The molecule has 0 bridgehead atoms. The van der Waals surface area contributed by atoms with Crippen LogP contribution in [0.5, 0.6) is 5.75 Å². The Morgan fingerprint density at radius 3 is 2.71 bits per heavy atom. The maximum atomic E-state index is 11.7. The number of hydrogen-bond donors (Lipinski definition) is 2. The Kier molecular flexibility index (Phi) is 5.20. The van der Waals surface area contributed by atoms with Crippen molar-refractivity contribution in [1.82, 2.24) is 15.8 Å². The van der Waals surface area contributed by atoms with E-state index in [9.17, 15) is 4.79 Å². The van der Waals surface area contributed by atoms with Crippen LogP contribution in [0.2, 0.25) is 0 Å². The van der Waals surface area contributed by atoms with Gasteiger partial charge in [0.1, 0.15) is 17.7 Å². The second kappa shape index (κ2) is 7.33. The molecule has 2 N–H and O–H groups in total. The first-order valence-electron chi connectivity index (χ1n) is 6.80. The van der Waals surface area contributed by atoms with Crippen LogP contribution in [-0.4, -0.2) is 17.3 Å². The molecule has 0 aliphatic rings. The lowest BCUT2D eigenvalue weighted by atomic mass is 10.2. The normalized spacial score (nSPS) is 10.4. The van der Waals surface area contributed by atoms with Crippen LogP contribution in [0.25, 0.3) is 0 Å². The van der Waals surface area contributed by atoms with Gasteiger partial charge in [-0.05, 0) is 19.9 Å². The lowest BCUT2D eigenvalue weighted by Gasteiger charge is -2.14. The lowest BCUT2D eigenvalue weighted by molar-refractivity contribution is 0.235. The van der Waals surface area contributed by atoms with Crippen LogP contribution in [0, 0.1) is 0 Å². The third-order valence-corrected chi connectivity index (χ3v) is 2.70. The van der Waals surface area contributed by atoms with Gasteiger partial charge in [0.15, 0.2) is 0 Å². The van der Waals surface area contributed by atoms with E-state index >= 15 is 0 Å². The van der Waals surface area contributed by atoms with Crippen molar-refractivity contribution in [2.24, 2.45) is 0 Å². The topological polar surface area (TPSA) is 76.4 Å². The summed E-state index contributed by atoms with van der Waals surface area (Å²) >= 11 is 0. The number of carbonyl (C=O) groups excluding carboxylic acids is 1. The van der Waals surface area contributed by atoms with E-state index in [-0.39, 0.29) is 12.1 Å². The molecule has 1 aromatic carbocycles. The van der Waals surface area contributed by atoms with Crippen LogP contribution in [-0.2, 0) is 13.1 Å². The molecule has 1 aromatic heterocycles. The Labute approximate surface area is 123 Å². The van der Waals surface area contributed by atoms with Crippen molar-refractivity contribution in [3.05, 3.63) is 47.9 Å². The number of ether oxygens (including phenoxy) is 1. The number of rotatable bonds is 6. The summed E-state index contributed by atoms with van der Waals surface area (Å²) in [6, 6.07) is 9.08. The third kappa shape index (κ3) is 4.83. The summed E-state index contributed by atoms with van der Waals surface area (Å²) in [6.07, 6.45) is 1.56. The lowest BCUT2D eigenvalue weighted by Crippen LogP contribution is -2.34. The summed E-state index contributed by atoms with van der Waals surface area (Å²) < 4.78 is 10.4. The third-order valence-electron chi connectivity index (χ3n) is 2.70. The minimum absolute atomic E-state index is 0.0899. The number of urea groups is 1. The molecule has 2 amide bonds. The molecule has 0 atom stereocenters. The van der Waals surface area contributed by atoms with E-state index in [0.717, 1.165) is 11.3 Å². The van der Waals surface area contributed by atoms with Crippen molar-refractivity contribution in [2.75, 3.05) is 0 Å². The van der Waals surface area contributed by atoms with Gasteiger partial charge in [-0.3, -0.25) is 0 Å². The average molecular weight is 289 g/mol. The van der Waals surface area contributed by atoms with Gasteiger partial charge >= 0.3 is 6.03 Å². The van der Waals surface area contributed by atoms with E-state index in [1.165, 1.54) is 6.26 Å². The van der Waals surface area contributed by atoms with Crippen LogP contribution < -0.4 is 15.4 Å². The van der Waals surface area contributed by atoms with Crippen molar-refractivity contribution in [3.8, 4) is 5.75 Å². The monoisotopic (exact) mass is 289 g/mol. The maximum Gasteiger partial charge on any atom is 0.315 e. The quantitative estimate of drug-likeness (QED) is 0.856. The molecule has 0 spiro atoms. The molecule has 0 aliphatic carbocycles. The molecule has 1 heterocycles. The largest absolute Gasteiger partial charge is 0.491 e. The number of carbonyl (C=O) groups is 1. The summed E-state index contributed by atoms with van der Waals surface area (Å²) in [5.41, 5.74) is 1.61. The number of amides is 2. The highest BCUT2D eigenvalue weighted by molar-refractivity contribution is 5.73. The molecule has 0 fully saturated rings. The number of nitrogens with zero attached hydrogens (tertiary/aromatic N) is 1. The summed E-state index contributed by atoms with van der Waals surface area (Å²) in [5, 5.41) is 9.20. The van der Waals surface area contributed by atoms with Crippen LogP contribution in [0.3, 0.4) is 0 Å². The second-order valence-electron chi connectivity index (χ2n) is 4.80. The number of aromatic nitrogens is 1. The van der Waals surface area contributed by atoms with Gasteiger partial charge in [0.05, 0.1) is 12.6 Å². The molecule has 6 heteroatoms. The minimum atomic E-state index is -0.266. The zero-order chi connectivity index (χ0) is 15.1. The predicted octanol–water partition coefficient (Wildman–Crippen LogP) is 2.46. The minimum Gasteiger partial charge on any atom is -0.491 e. The summed E-state index contributed by atoms with van der Waals surface area (Å²) in [5.74, 6) is 0.782. The zero-order valence-electron chi connectivity index (χ0n) is 12.1. The van der Waals surface area contributed by atoms with Gasteiger partial charge < -0.3 is 19.9 Å². The van der Waals surface area contributed by atoms with Crippen LogP contribution in [0.15, 0.2) is 41.1 Å². The maximum absolute atomic E-state index is 11.7. The van der Waals surface area contributed by atoms with Gasteiger partial charge in [-0.15, -0.1) is 0 Å². The van der Waals surface area contributed by atoms with E-state index in [0.29, 0.717) is 18.8 Å². The predicted molar refractivity (Wildman–Crippen MR) is 77.8 cm³/mol. The van der Waals surface area contributed by atoms with Gasteiger partial charge in [0, 0.05) is 18.2 Å². The fraction of sp³-hybridized carbons (Fsp3) is 0.333. The molecule has 112 valence electrons. The average Bonchev–Trinajstić information content (AvgIpc) is 2.97. The molecule has 0 radical (unpaired) electrons. The Bertz CT molecular complexity index is 567. The Hall–Kier alpha value is -2.50. The van der Waals surface area contributed by atoms with Crippen molar-refractivity contribution < 1.29 is 14.1 Å². The Morgan fingerprint density at radius 1 is 1.24 bits per heavy atom. The number of hydrogen-bond acceptors (Lipinski definition) is 4. The molecule has 2 rings (SSSR count). The molecular weight excluding hydrogens is 270 g/mol. The molecule has 0 aliphatic heterocycles. The smallest absolute Gasteiger partial charge is 0.315 e. The molecule has 0 saturated heterocycles. The van der Waals surface area contributed by atoms with Crippen molar-refractivity contribution in [2.45, 2.75) is 33.0 Å². The molecular formula is C15H19N3O3. The second-order valence-corrected chi connectivity index (χ2v) is 4.80. The number of benzene rings is 1. The summed E-state index contributed by atoms with van der Waals surface area (Å²) in [6.45, 7) is 4.66. The van der Waals surface area contributed by atoms with E-state index in [4.69, 9.17) is 9.26 Å². The first kappa shape index (κ1) is 14.9. The molecule has 6 nitrogen and oxygen atoms in total. The molecule has 2 aromatic rings. The number of para-hydroxylation sites is 1. The van der Waals surface area contributed by atoms with Crippen molar-refractivity contribution >= 4 is 6.03 Å². The van der Waals surface area contributed by atoms with Gasteiger partial charge in [-0.25, -0.2) is 4.79 Å². The zero-order valence-corrected chi connectivity index (χ0v) is 12.1. The fourth-order valence-electron chi connectivity index (χ4n) is 1.76. The van der Waals surface area contributed by atoms with Gasteiger partial charge in [0.25, 0.3) is 0 Å². The molecule has 0 saturated carbocycles. The summed E-state index contributed by atoms with van der Waals surface area (Å²) in [4.78, 5) is 11.7. The van der Waals surface area contributed by atoms with Gasteiger partial charge in [-0.1, -0.05) is 23.4 Å². The highest BCUT2D eigenvalue weighted by atomic mass is 16.5. The van der Waals surface area contributed by atoms with E-state index in [1.807, 2.05) is 38.1 Å². The summed E-state index contributed by atoms with van der Waals surface area (Å²) in [7, 11) is 0. The van der Waals surface area contributed by atoms with Crippen molar-refractivity contribution in [1.29, 1.82) is 0 Å². The van der Waals surface area contributed by atoms with Crippen LogP contribution in [0.1, 0.15) is 25.1 Å². The first-order valence-corrected chi connectivity index (χ1v) is 6.80. The highest BCUT2D eigenvalue weighted by Crippen LogP contribution is 2.18. The van der Waals surface area contributed by atoms with Crippen molar-refractivity contribution in [3.63, 3.8) is 0 Å². The fourth-order valence-corrected chi connectivity index (χ4v) is 1.76. The molecule has 0 unspecified atom stereocenters. The van der Waals surface area contributed by atoms with E-state index < -0.39 is 0 Å². The number of nitrogens with one attached hydrogen (secondary N) is 2. The first-order chi connectivity index (χ1) is 10.1. The van der Waals surface area contributed by atoms with E-state index in [2.05, 4.69) is 15.8 Å². The Morgan fingerprint density at radius 2 is 2.00 bits per heavy atom. The van der Waals surface area contributed by atoms with Gasteiger partial charge in [-0.2, -0.15) is 0 Å². The molecule has 21 heavy (non-hydrogen) atoms. The SMILES string of the molecule is CC(C)Oc1ccccc1CNC(=O)NCc1ccon1. The highest BCUT2D eigenvalue weighted by Gasteiger charge is 2.07. The Balaban J connectivity index is 1.83.